The van der Waals surface area contributed by atoms with Crippen molar-refractivity contribution in [2.75, 3.05) is 12.0 Å². The van der Waals surface area contributed by atoms with E-state index >= 15 is 0 Å². The largest absolute Gasteiger partial charge is 0.465 e. The zero-order valence-corrected chi connectivity index (χ0v) is 17.9. The van der Waals surface area contributed by atoms with Gasteiger partial charge in [-0.1, -0.05) is 60.1 Å². The third-order valence-electron chi connectivity index (χ3n) is 5.12. The summed E-state index contributed by atoms with van der Waals surface area (Å²) < 4.78 is 4.86. The van der Waals surface area contributed by atoms with Gasteiger partial charge in [0.2, 0.25) is 0 Å². The lowest BCUT2D eigenvalue weighted by atomic mass is 10.1. The molecule has 31 heavy (non-hydrogen) atoms. The second kappa shape index (κ2) is 8.62. The van der Waals surface area contributed by atoms with E-state index in [-0.39, 0.29) is 5.91 Å². The van der Waals surface area contributed by atoms with E-state index in [0.29, 0.717) is 27.5 Å². The number of nitrogens with zero attached hydrogens (tertiary/aromatic N) is 1. The zero-order chi connectivity index (χ0) is 22.0. The van der Waals surface area contributed by atoms with Crippen LogP contribution in [0, 0.1) is 6.92 Å². The maximum atomic E-state index is 13.5. The van der Waals surface area contributed by atoms with Crippen LogP contribution in [-0.4, -0.2) is 19.0 Å². The second-order valence-corrected chi connectivity index (χ2v) is 7.62. The molecule has 3 aromatic rings. The maximum Gasteiger partial charge on any atom is 0.337 e. The molecule has 0 spiro atoms. The van der Waals surface area contributed by atoms with Gasteiger partial charge in [0.05, 0.1) is 24.1 Å². The molecule has 0 saturated heterocycles. The fourth-order valence-electron chi connectivity index (χ4n) is 3.51. The molecule has 154 valence electrons. The van der Waals surface area contributed by atoms with Crippen molar-refractivity contribution in [3.8, 4) is 0 Å². The lowest BCUT2D eigenvalue weighted by Gasteiger charge is -2.23. The summed E-state index contributed by atoms with van der Waals surface area (Å²) in [7, 11) is 1.34. The topological polar surface area (TPSA) is 46.6 Å². The van der Waals surface area contributed by atoms with E-state index in [1.54, 1.807) is 29.2 Å². The molecule has 5 heteroatoms. The Kier molecular flexibility index (Phi) is 5.74. The molecule has 4 nitrogen and oxygen atoms in total. The number of carbonyl (C=O) groups excluding carboxylic acids is 2. The third-order valence-corrected chi connectivity index (χ3v) is 5.37. The van der Waals surface area contributed by atoms with Crippen LogP contribution in [0.4, 0.5) is 5.69 Å². The van der Waals surface area contributed by atoms with E-state index in [1.165, 1.54) is 7.11 Å². The molecule has 0 radical (unpaired) electrons. The minimum absolute atomic E-state index is 0.168. The Morgan fingerprint density at radius 2 is 1.71 bits per heavy atom. The van der Waals surface area contributed by atoms with Crippen molar-refractivity contribution in [2.45, 2.75) is 6.92 Å². The zero-order valence-electron chi connectivity index (χ0n) is 17.1. The average Bonchev–Trinajstić information content (AvgIpc) is 3.10. The number of hydrogen-bond donors (Lipinski definition) is 0. The third kappa shape index (κ3) is 4.16. The van der Waals surface area contributed by atoms with E-state index in [9.17, 15) is 9.59 Å². The Morgan fingerprint density at radius 3 is 2.39 bits per heavy atom. The molecule has 4 rings (SSSR count). The van der Waals surface area contributed by atoms with Crippen LogP contribution in [-0.2, 0) is 9.53 Å². The number of carbonyl (C=O) groups is 2. The van der Waals surface area contributed by atoms with E-state index in [0.717, 1.165) is 16.7 Å². The van der Waals surface area contributed by atoms with Gasteiger partial charge in [-0.15, -0.1) is 0 Å². The summed E-state index contributed by atoms with van der Waals surface area (Å²) in [5, 5.41) is 0.615. The molecule has 3 aromatic carbocycles. The van der Waals surface area contributed by atoms with Crippen molar-refractivity contribution in [2.24, 2.45) is 0 Å². The van der Waals surface area contributed by atoms with Gasteiger partial charge in [-0.05, 0) is 60.0 Å². The Balaban J connectivity index is 1.87. The van der Waals surface area contributed by atoms with Gasteiger partial charge < -0.3 is 4.74 Å². The van der Waals surface area contributed by atoms with Crippen molar-refractivity contribution in [1.29, 1.82) is 0 Å². The molecule has 0 bridgehead atoms. The summed E-state index contributed by atoms with van der Waals surface area (Å²) in [5.74, 6) is -0.621. The molecule has 1 heterocycles. The van der Waals surface area contributed by atoms with Crippen molar-refractivity contribution < 1.29 is 14.3 Å². The summed E-state index contributed by atoms with van der Waals surface area (Å²) in [6.45, 7) is 1.90. The van der Waals surface area contributed by atoms with Gasteiger partial charge in [0, 0.05) is 10.6 Å². The molecule has 0 N–H and O–H groups in total. The Bertz CT molecular complexity index is 1210. The van der Waals surface area contributed by atoms with Crippen molar-refractivity contribution >= 4 is 40.9 Å². The number of esters is 1. The summed E-state index contributed by atoms with van der Waals surface area (Å²) >= 11 is 6.07. The number of hydrogen-bond acceptors (Lipinski definition) is 3. The second-order valence-electron chi connectivity index (χ2n) is 7.18. The highest BCUT2D eigenvalue weighted by atomic mass is 35.5. The van der Waals surface area contributed by atoms with Crippen LogP contribution in [0.3, 0.4) is 0 Å². The van der Waals surface area contributed by atoms with Crippen LogP contribution in [0.25, 0.3) is 11.8 Å². The number of halogens is 1. The standard InChI is InChI=1S/C26H20ClNO3/c1-17-8-9-20(26(30)31-2)15-23(17)28-24(19-10-12-22(27)13-11-19)16-21(25(28)29)14-18-6-4-3-5-7-18/h3-16H,1-2H3/b21-14+. The van der Waals surface area contributed by atoms with Gasteiger partial charge in [0.25, 0.3) is 5.91 Å². The average molecular weight is 430 g/mol. The van der Waals surface area contributed by atoms with E-state index in [4.69, 9.17) is 16.3 Å². The minimum Gasteiger partial charge on any atom is -0.465 e. The van der Waals surface area contributed by atoms with E-state index in [2.05, 4.69) is 0 Å². The first-order chi connectivity index (χ1) is 15.0. The summed E-state index contributed by atoms with van der Waals surface area (Å²) in [6.07, 6.45) is 3.72. The highest BCUT2D eigenvalue weighted by Crippen LogP contribution is 2.37. The smallest absolute Gasteiger partial charge is 0.337 e. The van der Waals surface area contributed by atoms with Crippen LogP contribution in [0.15, 0.2) is 84.4 Å². The first kappa shape index (κ1) is 20.6. The SMILES string of the molecule is COC(=O)c1ccc(C)c(N2C(=O)/C(=C/c3ccccc3)C=C2c2ccc(Cl)cc2)c1. The molecule has 1 aliphatic rings. The molecule has 0 saturated carbocycles. The highest BCUT2D eigenvalue weighted by Gasteiger charge is 2.31. The molecule has 0 fully saturated rings. The highest BCUT2D eigenvalue weighted by molar-refractivity contribution is 6.30. The maximum absolute atomic E-state index is 13.5. The van der Waals surface area contributed by atoms with Crippen LogP contribution >= 0.6 is 11.6 Å². The predicted octanol–water partition coefficient (Wildman–Crippen LogP) is 5.91. The Hall–Kier alpha value is -3.63. The van der Waals surface area contributed by atoms with Gasteiger partial charge >= 0.3 is 5.97 Å². The Labute approximate surface area is 186 Å². The number of anilines is 1. The minimum atomic E-state index is -0.454. The van der Waals surface area contributed by atoms with Crippen molar-refractivity contribution in [1.82, 2.24) is 0 Å². The van der Waals surface area contributed by atoms with Crippen LogP contribution < -0.4 is 4.90 Å². The van der Waals surface area contributed by atoms with Gasteiger partial charge in [-0.2, -0.15) is 0 Å². The number of amides is 1. The summed E-state index contributed by atoms with van der Waals surface area (Å²) in [6, 6.07) is 22.2. The van der Waals surface area contributed by atoms with Crippen LogP contribution in [0.2, 0.25) is 5.02 Å². The number of rotatable bonds is 4. The van der Waals surface area contributed by atoms with E-state index in [1.807, 2.05) is 67.6 Å². The first-order valence-electron chi connectivity index (χ1n) is 9.76. The predicted molar refractivity (Wildman–Crippen MR) is 124 cm³/mol. The monoisotopic (exact) mass is 429 g/mol. The summed E-state index contributed by atoms with van der Waals surface area (Å²) in [5.41, 5.74) is 4.92. The molecule has 0 aromatic heterocycles. The molecule has 0 aliphatic carbocycles. The first-order valence-corrected chi connectivity index (χ1v) is 10.1. The molecule has 1 aliphatic heterocycles. The number of aryl methyl sites for hydroxylation is 1. The van der Waals surface area contributed by atoms with Gasteiger partial charge in [-0.3, -0.25) is 9.69 Å². The number of ether oxygens (including phenoxy) is 1. The van der Waals surface area contributed by atoms with Gasteiger partial charge in [0.1, 0.15) is 0 Å². The van der Waals surface area contributed by atoms with E-state index < -0.39 is 5.97 Å². The van der Waals surface area contributed by atoms with Gasteiger partial charge in [0.15, 0.2) is 0 Å². The fourth-order valence-corrected chi connectivity index (χ4v) is 3.64. The van der Waals surface area contributed by atoms with Crippen LogP contribution in [0.1, 0.15) is 27.0 Å². The molecule has 0 unspecified atom stereocenters. The Morgan fingerprint density at radius 1 is 1.00 bits per heavy atom. The van der Waals surface area contributed by atoms with Gasteiger partial charge in [-0.25, -0.2) is 4.79 Å². The fraction of sp³-hybridized carbons (Fsp3) is 0.0769. The molecular formula is C26H20ClNO3. The molecule has 1 amide bonds. The van der Waals surface area contributed by atoms with Crippen LogP contribution in [0.5, 0.6) is 0 Å². The normalized spacial score (nSPS) is 14.7. The lowest BCUT2D eigenvalue weighted by molar-refractivity contribution is -0.113. The number of methoxy groups -OCH3 is 1. The van der Waals surface area contributed by atoms with Crippen molar-refractivity contribution in [3.63, 3.8) is 0 Å². The number of benzene rings is 3. The molecular weight excluding hydrogens is 410 g/mol. The quantitative estimate of drug-likeness (QED) is 0.383. The summed E-state index contributed by atoms with van der Waals surface area (Å²) in [4.78, 5) is 27.3. The van der Waals surface area contributed by atoms with Crippen molar-refractivity contribution in [3.05, 3.63) is 112 Å². The molecule has 0 atom stereocenters. The lowest BCUT2D eigenvalue weighted by Crippen LogP contribution is -2.26.